The first-order valence-corrected chi connectivity index (χ1v) is 7.80. The molecule has 2 aromatic rings. The van der Waals surface area contributed by atoms with Crippen molar-refractivity contribution in [3.63, 3.8) is 0 Å². The highest BCUT2D eigenvalue weighted by Gasteiger charge is 2.16. The monoisotopic (exact) mass is 326 g/mol. The molecule has 1 atom stereocenters. The van der Waals surface area contributed by atoms with Gasteiger partial charge in [-0.3, -0.25) is 4.79 Å². The third-order valence-corrected chi connectivity index (χ3v) is 4.74. The van der Waals surface area contributed by atoms with Gasteiger partial charge in [-0.25, -0.2) is 0 Å². The summed E-state index contributed by atoms with van der Waals surface area (Å²) < 4.78 is 1.16. The average Bonchev–Trinajstić information content (AvgIpc) is 2.87. The summed E-state index contributed by atoms with van der Waals surface area (Å²) in [5.41, 5.74) is 6.03. The summed E-state index contributed by atoms with van der Waals surface area (Å²) in [6, 6.07) is 10.2. The van der Waals surface area contributed by atoms with Crippen LogP contribution in [0.5, 0.6) is 0 Å². The van der Waals surface area contributed by atoms with Gasteiger partial charge in [-0.15, -0.1) is 23.7 Å². The number of hydrogen-bond donors (Lipinski definition) is 1. The first kappa shape index (κ1) is 18.0. The third-order valence-electron chi connectivity index (χ3n) is 3.64. The van der Waals surface area contributed by atoms with Gasteiger partial charge in [0.15, 0.2) is 0 Å². The van der Waals surface area contributed by atoms with Gasteiger partial charge in [0.2, 0.25) is 0 Å². The molecule has 1 aromatic heterocycles. The standard InChI is InChI=1S/C16H22N2OS.ClH/c1-11(2)13(17)8-9-18(3)16(19)15-10-12-6-4-5-7-14(12)20-15;/h4-7,10-11,13H,8-9,17H2,1-3H3;1H. The summed E-state index contributed by atoms with van der Waals surface area (Å²) in [7, 11) is 1.85. The van der Waals surface area contributed by atoms with Crippen LogP contribution >= 0.6 is 23.7 Å². The lowest BCUT2D eigenvalue weighted by molar-refractivity contribution is 0.0794. The van der Waals surface area contributed by atoms with Gasteiger partial charge < -0.3 is 10.6 Å². The van der Waals surface area contributed by atoms with E-state index in [1.807, 2.05) is 37.4 Å². The maximum absolute atomic E-state index is 12.4. The maximum Gasteiger partial charge on any atom is 0.263 e. The van der Waals surface area contributed by atoms with Gasteiger partial charge in [0.1, 0.15) is 0 Å². The number of carbonyl (C=O) groups excluding carboxylic acids is 1. The van der Waals surface area contributed by atoms with Crippen LogP contribution < -0.4 is 5.73 Å². The second-order valence-corrected chi connectivity index (χ2v) is 6.66. The smallest absolute Gasteiger partial charge is 0.263 e. The van der Waals surface area contributed by atoms with Crippen LogP contribution in [0.3, 0.4) is 0 Å². The van der Waals surface area contributed by atoms with E-state index in [1.165, 1.54) is 0 Å². The molecule has 0 aliphatic heterocycles. The molecule has 1 heterocycles. The topological polar surface area (TPSA) is 46.3 Å². The van der Waals surface area contributed by atoms with Crippen molar-refractivity contribution in [2.75, 3.05) is 13.6 Å². The molecule has 116 valence electrons. The van der Waals surface area contributed by atoms with Crippen LogP contribution in [0.1, 0.15) is 29.9 Å². The molecule has 21 heavy (non-hydrogen) atoms. The molecule has 0 aliphatic rings. The molecule has 0 saturated heterocycles. The van der Waals surface area contributed by atoms with Crippen molar-refractivity contribution < 1.29 is 4.79 Å². The molecule has 2 N–H and O–H groups in total. The lowest BCUT2D eigenvalue weighted by Crippen LogP contribution is -2.34. The first-order chi connectivity index (χ1) is 9.49. The van der Waals surface area contributed by atoms with E-state index in [0.717, 1.165) is 21.4 Å². The molecular formula is C16H23ClN2OS. The van der Waals surface area contributed by atoms with Crippen LogP contribution in [0.4, 0.5) is 0 Å². The third kappa shape index (κ3) is 4.43. The number of hydrogen-bond acceptors (Lipinski definition) is 3. The zero-order valence-corrected chi connectivity index (χ0v) is 14.3. The number of halogens is 1. The van der Waals surface area contributed by atoms with Crippen molar-refractivity contribution in [1.29, 1.82) is 0 Å². The Bertz CT molecular complexity index is 564. The van der Waals surface area contributed by atoms with E-state index in [4.69, 9.17) is 5.73 Å². The number of thiophene rings is 1. The Hall–Kier alpha value is -1.10. The lowest BCUT2D eigenvalue weighted by atomic mass is 10.0. The fourth-order valence-corrected chi connectivity index (χ4v) is 3.11. The fourth-order valence-electron chi connectivity index (χ4n) is 2.05. The first-order valence-electron chi connectivity index (χ1n) is 6.98. The van der Waals surface area contributed by atoms with E-state index < -0.39 is 0 Å². The minimum absolute atomic E-state index is 0. The van der Waals surface area contributed by atoms with Gasteiger partial charge in [-0.05, 0) is 29.9 Å². The summed E-state index contributed by atoms with van der Waals surface area (Å²) in [5, 5.41) is 1.13. The van der Waals surface area contributed by atoms with E-state index in [9.17, 15) is 4.79 Å². The Morgan fingerprint density at radius 1 is 1.33 bits per heavy atom. The number of rotatable bonds is 5. The molecule has 1 unspecified atom stereocenters. The van der Waals surface area contributed by atoms with Crippen LogP contribution in [-0.4, -0.2) is 30.4 Å². The average molecular weight is 327 g/mol. The zero-order chi connectivity index (χ0) is 14.7. The highest BCUT2D eigenvalue weighted by atomic mass is 35.5. The Morgan fingerprint density at radius 3 is 2.62 bits per heavy atom. The van der Waals surface area contributed by atoms with Crippen molar-refractivity contribution >= 4 is 39.7 Å². The van der Waals surface area contributed by atoms with Gasteiger partial charge in [0.05, 0.1) is 4.88 Å². The van der Waals surface area contributed by atoms with Gasteiger partial charge in [0.25, 0.3) is 5.91 Å². The van der Waals surface area contributed by atoms with Crippen LogP contribution in [0.2, 0.25) is 0 Å². The molecule has 0 saturated carbocycles. The molecule has 0 fully saturated rings. The van der Waals surface area contributed by atoms with Gasteiger partial charge in [0, 0.05) is 24.3 Å². The van der Waals surface area contributed by atoms with Crippen LogP contribution in [-0.2, 0) is 0 Å². The summed E-state index contributed by atoms with van der Waals surface area (Å²) in [6.45, 7) is 4.92. The molecule has 0 aliphatic carbocycles. The molecule has 0 spiro atoms. The van der Waals surface area contributed by atoms with Crippen molar-refractivity contribution in [3.05, 3.63) is 35.2 Å². The van der Waals surface area contributed by atoms with Crippen molar-refractivity contribution in [2.45, 2.75) is 26.3 Å². The van der Waals surface area contributed by atoms with E-state index in [2.05, 4.69) is 13.8 Å². The SMILES string of the molecule is CC(C)C(N)CCN(C)C(=O)c1cc2ccccc2s1.Cl. The second kappa shape index (κ2) is 7.78. The Labute approximate surface area is 136 Å². The molecule has 5 heteroatoms. The Balaban J connectivity index is 0.00000220. The molecule has 1 aromatic carbocycles. The van der Waals surface area contributed by atoms with E-state index in [1.54, 1.807) is 16.2 Å². The molecule has 3 nitrogen and oxygen atoms in total. The summed E-state index contributed by atoms with van der Waals surface area (Å²) >= 11 is 1.55. The predicted molar refractivity (Wildman–Crippen MR) is 93.5 cm³/mol. The summed E-state index contributed by atoms with van der Waals surface area (Å²) in [6.07, 6.45) is 0.838. The zero-order valence-electron chi connectivity index (χ0n) is 12.7. The van der Waals surface area contributed by atoms with Crippen LogP contribution in [0, 0.1) is 5.92 Å². The molecule has 0 radical (unpaired) electrons. The predicted octanol–water partition coefficient (Wildman–Crippen LogP) is 3.77. The van der Waals surface area contributed by atoms with E-state index in [0.29, 0.717) is 12.5 Å². The van der Waals surface area contributed by atoms with E-state index >= 15 is 0 Å². The number of nitrogens with zero attached hydrogens (tertiary/aromatic N) is 1. The molecule has 2 rings (SSSR count). The highest BCUT2D eigenvalue weighted by molar-refractivity contribution is 7.20. The molecule has 0 bridgehead atoms. The fraction of sp³-hybridized carbons (Fsp3) is 0.438. The minimum atomic E-state index is 0. The Kier molecular flexibility index (Phi) is 6.65. The number of benzene rings is 1. The van der Waals surface area contributed by atoms with Crippen LogP contribution in [0.15, 0.2) is 30.3 Å². The number of nitrogens with two attached hydrogens (primary N) is 1. The molecular weight excluding hydrogens is 304 g/mol. The normalized spacial score (nSPS) is 12.2. The Morgan fingerprint density at radius 2 is 2.00 bits per heavy atom. The van der Waals surface area contributed by atoms with Crippen molar-refractivity contribution in [3.8, 4) is 0 Å². The second-order valence-electron chi connectivity index (χ2n) is 5.57. The lowest BCUT2D eigenvalue weighted by Gasteiger charge is -2.21. The minimum Gasteiger partial charge on any atom is -0.341 e. The van der Waals surface area contributed by atoms with Crippen molar-refractivity contribution in [2.24, 2.45) is 11.7 Å². The van der Waals surface area contributed by atoms with Crippen molar-refractivity contribution in [1.82, 2.24) is 4.90 Å². The van der Waals surface area contributed by atoms with E-state index in [-0.39, 0.29) is 24.4 Å². The highest BCUT2D eigenvalue weighted by Crippen LogP contribution is 2.26. The molecule has 1 amide bonds. The number of carbonyl (C=O) groups is 1. The number of amides is 1. The van der Waals surface area contributed by atoms with Gasteiger partial charge in [-0.1, -0.05) is 32.0 Å². The largest absolute Gasteiger partial charge is 0.341 e. The maximum atomic E-state index is 12.4. The number of fused-ring (bicyclic) bond motifs is 1. The summed E-state index contributed by atoms with van der Waals surface area (Å²) in [5.74, 6) is 0.532. The summed E-state index contributed by atoms with van der Waals surface area (Å²) in [4.78, 5) is 15.0. The van der Waals surface area contributed by atoms with Gasteiger partial charge >= 0.3 is 0 Å². The van der Waals surface area contributed by atoms with Gasteiger partial charge in [-0.2, -0.15) is 0 Å². The van der Waals surface area contributed by atoms with Crippen LogP contribution in [0.25, 0.3) is 10.1 Å². The quantitative estimate of drug-likeness (QED) is 0.909.